The topological polar surface area (TPSA) is 153 Å². The number of carbonyl (C=O) groups is 1. The van der Waals surface area contributed by atoms with E-state index in [9.17, 15) is 19.8 Å². The Morgan fingerprint density at radius 2 is 1.93 bits per heavy atom. The molecule has 4 N–H and O–H groups in total. The molecule has 2 aliphatic heterocycles. The maximum Gasteiger partial charge on any atom is 0.248 e. The highest BCUT2D eigenvalue weighted by Gasteiger charge is 2.40. The standard InChI is InChI=1S/C41H54N6O7/c1-3-46(20-17-42-27-36(49)33-7-9-35(48)40-34(33)8-10-38(50)44-40)39(51)13-23-53-22-12-30-5-4-6-31(25-30)28-45-18-14-41(15-19-45)29-47(21-24-54-41)37-26-32(52-2)11-16-43-37/h4-11,16,25-26,36,42,48-49H,3,12-15,17-24,27-29H2,1-2H3,(H,44,50). The number of pyridine rings is 2. The molecule has 1 unspecified atom stereocenters. The van der Waals surface area contributed by atoms with Crippen LogP contribution in [0.25, 0.3) is 10.9 Å². The summed E-state index contributed by atoms with van der Waals surface area (Å²) in [5.41, 5.74) is 2.94. The molecule has 4 aromatic rings. The van der Waals surface area contributed by atoms with Crippen LogP contribution >= 0.6 is 0 Å². The van der Waals surface area contributed by atoms with Gasteiger partial charge in [0.25, 0.3) is 0 Å². The summed E-state index contributed by atoms with van der Waals surface area (Å²) in [5, 5.41) is 24.7. The van der Waals surface area contributed by atoms with Gasteiger partial charge in [-0.1, -0.05) is 30.3 Å². The molecule has 290 valence electrons. The number of aromatic amines is 1. The van der Waals surface area contributed by atoms with Crippen molar-refractivity contribution in [2.24, 2.45) is 0 Å². The van der Waals surface area contributed by atoms with E-state index >= 15 is 0 Å². The van der Waals surface area contributed by atoms with E-state index in [0.29, 0.717) is 62.3 Å². The number of aromatic nitrogens is 2. The van der Waals surface area contributed by atoms with Crippen molar-refractivity contribution < 1.29 is 29.2 Å². The third-order valence-electron chi connectivity index (χ3n) is 10.6. The number of piperidine rings is 1. The van der Waals surface area contributed by atoms with Crippen molar-refractivity contribution in [2.75, 3.05) is 84.2 Å². The molecule has 0 saturated carbocycles. The number of benzene rings is 2. The molecular formula is C41H54N6O7. The number of hydrogen-bond acceptors (Lipinski definition) is 11. The van der Waals surface area contributed by atoms with Gasteiger partial charge in [-0.15, -0.1) is 0 Å². The van der Waals surface area contributed by atoms with E-state index in [2.05, 4.69) is 49.4 Å². The van der Waals surface area contributed by atoms with Gasteiger partial charge in [0.1, 0.15) is 17.3 Å². The second kappa shape index (κ2) is 18.7. The highest BCUT2D eigenvalue weighted by molar-refractivity contribution is 5.87. The largest absolute Gasteiger partial charge is 0.506 e. The SMILES string of the molecule is CCN(CCNCC(O)c1ccc(O)c2[nH]c(=O)ccc12)C(=O)CCOCCc1cccc(CN2CCC3(CC2)CN(c2cc(OC)ccn2)CCO3)c1. The number of methoxy groups -OCH3 is 1. The van der Waals surface area contributed by atoms with Crippen molar-refractivity contribution in [3.63, 3.8) is 0 Å². The van der Waals surface area contributed by atoms with E-state index in [0.717, 1.165) is 63.6 Å². The Kier molecular flexibility index (Phi) is 13.5. The number of rotatable bonds is 17. The number of anilines is 1. The van der Waals surface area contributed by atoms with Gasteiger partial charge >= 0.3 is 0 Å². The minimum absolute atomic E-state index is 0.0296. The summed E-state index contributed by atoms with van der Waals surface area (Å²) in [6, 6.07) is 18.6. The van der Waals surface area contributed by atoms with Gasteiger partial charge in [-0.3, -0.25) is 14.5 Å². The highest BCUT2D eigenvalue weighted by Crippen LogP contribution is 2.33. The minimum atomic E-state index is -0.857. The number of phenols is 1. The van der Waals surface area contributed by atoms with Gasteiger partial charge in [-0.25, -0.2) is 4.98 Å². The number of nitrogens with zero attached hydrogens (tertiary/aromatic N) is 4. The Morgan fingerprint density at radius 3 is 2.74 bits per heavy atom. The third-order valence-corrected chi connectivity index (χ3v) is 10.6. The predicted octanol–water partition coefficient (Wildman–Crippen LogP) is 3.63. The van der Waals surface area contributed by atoms with Crippen LogP contribution in [0.5, 0.6) is 11.5 Å². The maximum atomic E-state index is 12.9. The zero-order valence-electron chi connectivity index (χ0n) is 31.5. The van der Waals surface area contributed by atoms with E-state index in [1.54, 1.807) is 30.3 Å². The lowest BCUT2D eigenvalue weighted by Crippen LogP contribution is -2.57. The number of likely N-dealkylation sites (tertiary alicyclic amines) is 1. The van der Waals surface area contributed by atoms with Gasteiger partial charge in [0.15, 0.2) is 0 Å². The summed E-state index contributed by atoms with van der Waals surface area (Å²) in [6.07, 6.45) is 4.00. The van der Waals surface area contributed by atoms with Gasteiger partial charge in [0.2, 0.25) is 11.5 Å². The van der Waals surface area contributed by atoms with E-state index in [4.69, 9.17) is 14.2 Å². The Balaban J connectivity index is 0.868. The average Bonchev–Trinajstić information content (AvgIpc) is 3.19. The number of H-pyrrole nitrogens is 1. The molecule has 0 aliphatic carbocycles. The zero-order valence-corrected chi connectivity index (χ0v) is 31.5. The van der Waals surface area contributed by atoms with Crippen molar-refractivity contribution in [1.82, 2.24) is 25.1 Å². The van der Waals surface area contributed by atoms with Crippen LogP contribution in [0.3, 0.4) is 0 Å². The molecule has 4 heterocycles. The van der Waals surface area contributed by atoms with Crippen LogP contribution in [0.4, 0.5) is 5.82 Å². The van der Waals surface area contributed by atoms with Crippen LogP contribution in [0.1, 0.15) is 49.0 Å². The molecule has 0 bridgehead atoms. The number of phenolic OH excluding ortho intramolecular Hbond substituents is 1. The lowest BCUT2D eigenvalue weighted by atomic mass is 9.89. The number of amides is 1. The number of carbonyl (C=O) groups excluding carboxylic acids is 1. The Hall–Kier alpha value is -4.53. The number of morpholine rings is 1. The molecule has 13 nitrogen and oxygen atoms in total. The molecule has 2 saturated heterocycles. The maximum absolute atomic E-state index is 12.9. The van der Waals surface area contributed by atoms with Crippen molar-refractivity contribution in [1.29, 1.82) is 0 Å². The number of nitrogens with one attached hydrogen (secondary N) is 2. The first-order valence-corrected chi connectivity index (χ1v) is 19.0. The van der Waals surface area contributed by atoms with Crippen LogP contribution in [0.2, 0.25) is 0 Å². The quantitative estimate of drug-likeness (QED) is 0.117. The molecule has 6 rings (SSSR count). The molecule has 2 aromatic heterocycles. The van der Waals surface area contributed by atoms with Gasteiger partial charge < -0.3 is 44.5 Å². The van der Waals surface area contributed by atoms with Crippen molar-refractivity contribution in [3.8, 4) is 11.5 Å². The van der Waals surface area contributed by atoms with Crippen molar-refractivity contribution >= 4 is 22.6 Å². The monoisotopic (exact) mass is 742 g/mol. The van der Waals surface area contributed by atoms with Gasteiger partial charge in [0.05, 0.1) is 50.6 Å². The molecule has 1 spiro atoms. The molecular weight excluding hydrogens is 688 g/mol. The first kappa shape index (κ1) is 39.2. The lowest BCUT2D eigenvalue weighted by Gasteiger charge is -2.47. The van der Waals surface area contributed by atoms with Crippen LogP contribution in [-0.4, -0.2) is 121 Å². The fourth-order valence-corrected chi connectivity index (χ4v) is 7.48. The van der Waals surface area contributed by atoms with E-state index < -0.39 is 6.10 Å². The number of fused-ring (bicyclic) bond motifs is 1. The minimum Gasteiger partial charge on any atom is -0.506 e. The smallest absolute Gasteiger partial charge is 0.248 e. The summed E-state index contributed by atoms with van der Waals surface area (Å²) >= 11 is 0. The molecule has 2 fully saturated rings. The van der Waals surface area contributed by atoms with E-state index in [1.807, 2.05) is 19.1 Å². The Morgan fingerprint density at radius 1 is 1.09 bits per heavy atom. The van der Waals surface area contributed by atoms with Gasteiger partial charge in [-0.2, -0.15) is 0 Å². The van der Waals surface area contributed by atoms with Gasteiger partial charge in [0, 0.05) is 82.6 Å². The van der Waals surface area contributed by atoms with E-state index in [1.165, 1.54) is 23.3 Å². The van der Waals surface area contributed by atoms with Gasteiger partial charge in [-0.05, 0) is 61.1 Å². The fraction of sp³-hybridized carbons (Fsp3) is 0.488. The number of ether oxygens (including phenoxy) is 3. The molecule has 1 amide bonds. The fourth-order valence-electron chi connectivity index (χ4n) is 7.48. The summed E-state index contributed by atoms with van der Waals surface area (Å²) in [5.74, 6) is 1.74. The zero-order chi connectivity index (χ0) is 37.9. The highest BCUT2D eigenvalue weighted by atomic mass is 16.5. The number of aliphatic hydroxyl groups is 1. The molecule has 13 heteroatoms. The third kappa shape index (κ3) is 10.2. The molecule has 2 aliphatic rings. The number of aromatic hydroxyl groups is 1. The Labute approximate surface area is 316 Å². The number of aliphatic hydroxyl groups excluding tert-OH is 1. The van der Waals surface area contributed by atoms with Crippen molar-refractivity contribution in [3.05, 3.63) is 93.9 Å². The summed E-state index contributed by atoms with van der Waals surface area (Å²) in [4.78, 5) is 38.4. The average molecular weight is 743 g/mol. The number of likely N-dealkylation sites (N-methyl/N-ethyl adjacent to an activating group) is 1. The number of hydrogen-bond donors (Lipinski definition) is 4. The lowest BCUT2D eigenvalue weighted by molar-refractivity contribution is -0.132. The summed E-state index contributed by atoms with van der Waals surface area (Å²) in [6.45, 7) is 9.93. The molecule has 1 atom stereocenters. The van der Waals surface area contributed by atoms with Crippen molar-refractivity contribution in [2.45, 2.75) is 50.9 Å². The van der Waals surface area contributed by atoms with E-state index in [-0.39, 0.29) is 29.4 Å². The van der Waals surface area contributed by atoms with Crippen LogP contribution in [-0.2, 0) is 27.2 Å². The van der Waals surface area contributed by atoms with Crippen LogP contribution in [0.15, 0.2) is 71.7 Å². The molecule has 0 radical (unpaired) electrons. The predicted molar refractivity (Wildman–Crippen MR) is 208 cm³/mol. The Bertz CT molecular complexity index is 1900. The van der Waals surface area contributed by atoms with Crippen LogP contribution in [0, 0.1) is 0 Å². The summed E-state index contributed by atoms with van der Waals surface area (Å²) in [7, 11) is 1.68. The molecule has 2 aromatic carbocycles. The second-order valence-electron chi connectivity index (χ2n) is 14.2. The first-order valence-electron chi connectivity index (χ1n) is 19.0. The second-order valence-corrected chi connectivity index (χ2v) is 14.2. The summed E-state index contributed by atoms with van der Waals surface area (Å²) < 4.78 is 17.7. The first-order chi connectivity index (χ1) is 26.3. The molecule has 54 heavy (non-hydrogen) atoms. The van der Waals surface area contributed by atoms with Crippen LogP contribution < -0.4 is 20.5 Å². The normalized spacial score (nSPS) is 16.5.